The van der Waals surface area contributed by atoms with Crippen molar-refractivity contribution in [3.8, 4) is 0 Å². The Morgan fingerprint density at radius 2 is 1.80 bits per heavy atom. The summed E-state index contributed by atoms with van der Waals surface area (Å²) in [6, 6.07) is 1.31. The highest BCUT2D eigenvalue weighted by Crippen LogP contribution is 2.32. The minimum Gasteiger partial charge on any atom is -0.481 e. The minimum atomic E-state index is -0.924. The van der Waals surface area contributed by atoms with E-state index in [4.69, 9.17) is 9.90 Å². The van der Waals surface area contributed by atoms with Crippen LogP contribution in [-0.4, -0.2) is 30.4 Å². The molecule has 2 N–H and O–H groups in total. The third-order valence-electron chi connectivity index (χ3n) is 2.49. The second-order valence-electron chi connectivity index (χ2n) is 5.54. The first kappa shape index (κ1) is 14.6. The van der Waals surface area contributed by atoms with Gasteiger partial charge in [0, 0.05) is 15.0 Å². The number of carbonyl (C=O) groups is 1. The van der Waals surface area contributed by atoms with Crippen molar-refractivity contribution in [2.75, 3.05) is 0 Å². The van der Waals surface area contributed by atoms with Crippen molar-refractivity contribution < 1.29 is 15.0 Å². The van der Waals surface area contributed by atoms with E-state index >= 15 is 0 Å². The summed E-state index contributed by atoms with van der Waals surface area (Å²) in [5.41, 5.74) is 0. The molecule has 2 unspecified atom stereocenters. The van der Waals surface area contributed by atoms with Gasteiger partial charge in [0.15, 0.2) is 0 Å². The maximum atomic E-state index is 9.57. The van der Waals surface area contributed by atoms with E-state index in [-0.39, 0.29) is 6.10 Å². The molecule has 0 aromatic heterocycles. The Bertz CT molecular complexity index is 194. The Hall–Kier alpha value is -0.353. The van der Waals surface area contributed by atoms with Crippen LogP contribution in [0.1, 0.15) is 26.2 Å². The predicted octanol–water partition coefficient (Wildman–Crippen LogP) is 2.58. The molecule has 2 atom stereocenters. The van der Waals surface area contributed by atoms with Gasteiger partial charge in [-0.25, -0.2) is 0 Å². The van der Waals surface area contributed by atoms with Gasteiger partial charge in [-0.2, -0.15) is 0 Å². The van der Waals surface area contributed by atoms with E-state index < -0.39 is 14.0 Å². The van der Waals surface area contributed by atoms with Crippen molar-refractivity contribution in [1.82, 2.24) is 0 Å². The molecule has 0 radical (unpaired) electrons. The van der Waals surface area contributed by atoms with Crippen LogP contribution in [0.4, 0.5) is 0 Å². The molecule has 1 saturated carbocycles. The number of aliphatic hydroxyl groups excluding tert-OH is 1. The van der Waals surface area contributed by atoms with Gasteiger partial charge in [0.1, 0.15) is 0 Å². The third-order valence-corrected chi connectivity index (χ3v) is 4.24. The van der Waals surface area contributed by atoms with E-state index in [0.29, 0.717) is 5.92 Å². The lowest BCUT2D eigenvalue weighted by atomic mass is 10.1. The van der Waals surface area contributed by atoms with Crippen LogP contribution in [0.15, 0.2) is 0 Å². The van der Waals surface area contributed by atoms with E-state index in [2.05, 4.69) is 19.6 Å². The molecule has 0 aliphatic heterocycles. The zero-order chi connectivity index (χ0) is 12.1. The summed E-state index contributed by atoms with van der Waals surface area (Å²) in [5.74, 6) is -0.193. The summed E-state index contributed by atoms with van der Waals surface area (Å²) < 4.78 is 0. The van der Waals surface area contributed by atoms with Gasteiger partial charge in [-0.3, -0.25) is 4.79 Å². The summed E-state index contributed by atoms with van der Waals surface area (Å²) in [6.45, 7) is 8.24. The van der Waals surface area contributed by atoms with Gasteiger partial charge in [0.2, 0.25) is 0 Å². The first-order valence-electron chi connectivity index (χ1n) is 5.60. The molecule has 0 amide bonds. The highest BCUT2D eigenvalue weighted by Gasteiger charge is 2.29. The molecular weight excluding hydrogens is 208 g/mol. The molecule has 1 aliphatic carbocycles. The van der Waals surface area contributed by atoms with Crippen molar-refractivity contribution in [3.63, 3.8) is 0 Å². The summed E-state index contributed by atoms with van der Waals surface area (Å²) in [5, 5.41) is 17.0. The van der Waals surface area contributed by atoms with Gasteiger partial charge in [-0.15, -0.1) is 0 Å². The van der Waals surface area contributed by atoms with Crippen LogP contribution in [0, 0.1) is 5.92 Å². The lowest BCUT2D eigenvalue weighted by Gasteiger charge is -2.23. The zero-order valence-electron chi connectivity index (χ0n) is 10.3. The van der Waals surface area contributed by atoms with Gasteiger partial charge in [0.25, 0.3) is 5.97 Å². The largest absolute Gasteiger partial charge is 0.481 e. The summed E-state index contributed by atoms with van der Waals surface area (Å²) in [7, 11) is -0.924. The van der Waals surface area contributed by atoms with Gasteiger partial charge in [-0.1, -0.05) is 32.1 Å². The number of carboxylic acid groups (broad SMARTS) is 1. The van der Waals surface area contributed by atoms with E-state index in [9.17, 15) is 5.11 Å². The fraction of sp³-hybridized carbons (Fsp3) is 0.909. The molecule has 3 nitrogen and oxygen atoms in total. The van der Waals surface area contributed by atoms with E-state index in [1.165, 1.54) is 18.9 Å². The zero-order valence-corrected chi connectivity index (χ0v) is 11.3. The molecule has 0 saturated heterocycles. The molecular formula is C11H24O3Si. The molecule has 4 heteroatoms. The lowest BCUT2D eigenvalue weighted by Crippen LogP contribution is -2.27. The first-order valence-corrected chi connectivity index (χ1v) is 9.30. The molecule has 0 aromatic carbocycles. The van der Waals surface area contributed by atoms with Crippen LogP contribution in [-0.2, 0) is 4.79 Å². The van der Waals surface area contributed by atoms with Gasteiger partial charge in [-0.05, 0) is 18.8 Å². The Morgan fingerprint density at radius 1 is 1.33 bits per heavy atom. The Labute approximate surface area is 93.5 Å². The SMILES string of the molecule is CC(=O)O.C[Si](C)(C)CC1CCCC1O. The molecule has 90 valence electrons. The first-order chi connectivity index (χ1) is 6.72. The van der Waals surface area contributed by atoms with Crippen molar-refractivity contribution in [2.45, 2.75) is 58.0 Å². The van der Waals surface area contributed by atoms with Crippen LogP contribution >= 0.6 is 0 Å². The topological polar surface area (TPSA) is 57.5 Å². The smallest absolute Gasteiger partial charge is 0.300 e. The fourth-order valence-corrected chi connectivity index (χ4v) is 4.09. The maximum Gasteiger partial charge on any atom is 0.300 e. The van der Waals surface area contributed by atoms with E-state index in [0.717, 1.165) is 13.3 Å². The lowest BCUT2D eigenvalue weighted by molar-refractivity contribution is -0.134. The number of aliphatic hydroxyl groups is 1. The highest BCUT2D eigenvalue weighted by molar-refractivity contribution is 6.76. The molecule has 1 fully saturated rings. The Balaban J connectivity index is 0.000000423. The van der Waals surface area contributed by atoms with E-state index in [1.807, 2.05) is 0 Å². The number of rotatable bonds is 2. The number of carboxylic acids is 1. The van der Waals surface area contributed by atoms with Crippen molar-refractivity contribution in [3.05, 3.63) is 0 Å². The summed E-state index contributed by atoms with van der Waals surface area (Å²) >= 11 is 0. The highest BCUT2D eigenvalue weighted by atomic mass is 28.3. The number of hydrogen-bond acceptors (Lipinski definition) is 2. The molecule has 0 spiro atoms. The van der Waals surface area contributed by atoms with Crippen LogP contribution in [0.25, 0.3) is 0 Å². The fourth-order valence-electron chi connectivity index (χ4n) is 2.04. The van der Waals surface area contributed by atoms with Gasteiger partial charge >= 0.3 is 0 Å². The summed E-state index contributed by atoms with van der Waals surface area (Å²) in [4.78, 5) is 9.00. The normalized spacial score (nSPS) is 25.7. The molecule has 1 aliphatic rings. The molecule has 1 rings (SSSR count). The molecule has 0 heterocycles. The van der Waals surface area contributed by atoms with Crippen molar-refractivity contribution in [1.29, 1.82) is 0 Å². The Kier molecular flexibility index (Phi) is 6.13. The second-order valence-corrected chi connectivity index (χ2v) is 11.1. The van der Waals surface area contributed by atoms with Crippen molar-refractivity contribution >= 4 is 14.0 Å². The second kappa shape index (κ2) is 6.28. The average Bonchev–Trinajstić information content (AvgIpc) is 2.31. The van der Waals surface area contributed by atoms with Crippen LogP contribution in [0.5, 0.6) is 0 Å². The van der Waals surface area contributed by atoms with Crippen molar-refractivity contribution in [2.24, 2.45) is 5.92 Å². The average molecular weight is 232 g/mol. The number of hydrogen-bond donors (Lipinski definition) is 2. The molecule has 0 bridgehead atoms. The third kappa shape index (κ3) is 8.63. The Morgan fingerprint density at radius 3 is 2.07 bits per heavy atom. The maximum absolute atomic E-state index is 9.57. The molecule has 15 heavy (non-hydrogen) atoms. The van der Waals surface area contributed by atoms with Gasteiger partial charge < -0.3 is 10.2 Å². The minimum absolute atomic E-state index is 0.0294. The summed E-state index contributed by atoms with van der Waals surface area (Å²) in [6.07, 6.45) is 3.60. The predicted molar refractivity (Wildman–Crippen MR) is 64.8 cm³/mol. The monoisotopic (exact) mass is 232 g/mol. The van der Waals surface area contributed by atoms with E-state index in [1.54, 1.807) is 0 Å². The van der Waals surface area contributed by atoms with Crippen LogP contribution in [0.3, 0.4) is 0 Å². The van der Waals surface area contributed by atoms with Crippen LogP contribution in [0.2, 0.25) is 25.7 Å². The number of aliphatic carboxylic acids is 1. The van der Waals surface area contributed by atoms with Crippen LogP contribution < -0.4 is 0 Å². The standard InChI is InChI=1S/C9H20OSi.C2H4O2/c1-11(2,3)7-8-5-4-6-9(8)10;1-2(3)4/h8-10H,4-7H2,1-3H3;1H3,(H,3,4). The van der Waals surface area contributed by atoms with Gasteiger partial charge in [0.05, 0.1) is 6.10 Å². The quantitative estimate of drug-likeness (QED) is 0.719. The molecule has 0 aromatic rings.